The molecule has 2 aromatic carbocycles. The van der Waals surface area contributed by atoms with Crippen molar-refractivity contribution in [2.45, 2.75) is 17.7 Å². The van der Waals surface area contributed by atoms with Crippen molar-refractivity contribution in [1.29, 1.82) is 0 Å². The molecule has 1 amide bonds. The second-order valence-electron chi connectivity index (χ2n) is 6.82. The van der Waals surface area contributed by atoms with Crippen molar-refractivity contribution in [2.75, 3.05) is 17.8 Å². The van der Waals surface area contributed by atoms with E-state index in [1.54, 1.807) is 4.90 Å². The summed E-state index contributed by atoms with van der Waals surface area (Å²) in [5.74, 6) is -1.09. The van der Waals surface area contributed by atoms with Crippen LogP contribution in [0.15, 0.2) is 58.4 Å². The molecule has 1 aliphatic heterocycles. The molecule has 0 aliphatic carbocycles. The van der Waals surface area contributed by atoms with Crippen LogP contribution in [0, 0.1) is 5.82 Å². The van der Waals surface area contributed by atoms with Crippen LogP contribution in [0.5, 0.6) is 0 Å². The van der Waals surface area contributed by atoms with Gasteiger partial charge in [0.25, 0.3) is 15.9 Å². The van der Waals surface area contributed by atoms with Gasteiger partial charge in [0.05, 0.1) is 10.6 Å². The van der Waals surface area contributed by atoms with Crippen LogP contribution in [0.4, 0.5) is 10.1 Å². The molecule has 3 aromatic rings. The number of amides is 1. The van der Waals surface area contributed by atoms with Crippen LogP contribution in [0.1, 0.15) is 23.2 Å². The molecule has 1 saturated heterocycles. The summed E-state index contributed by atoms with van der Waals surface area (Å²) in [7, 11) is -4.13. The fourth-order valence-corrected chi connectivity index (χ4v) is 4.45. The second kappa shape index (κ2) is 7.32. The highest BCUT2D eigenvalue weighted by atomic mass is 32.2. The van der Waals surface area contributed by atoms with E-state index in [2.05, 4.69) is 9.71 Å². The van der Waals surface area contributed by atoms with Gasteiger partial charge in [-0.1, -0.05) is 12.1 Å². The first kappa shape index (κ1) is 19.1. The number of H-pyrrole nitrogens is 1. The van der Waals surface area contributed by atoms with Gasteiger partial charge in [0.2, 0.25) is 5.43 Å². The van der Waals surface area contributed by atoms with Crippen molar-refractivity contribution in [3.8, 4) is 0 Å². The van der Waals surface area contributed by atoms with Crippen LogP contribution < -0.4 is 10.2 Å². The van der Waals surface area contributed by atoms with Crippen LogP contribution in [-0.2, 0) is 10.0 Å². The Morgan fingerprint density at radius 1 is 1.10 bits per heavy atom. The van der Waals surface area contributed by atoms with Crippen molar-refractivity contribution in [3.63, 3.8) is 0 Å². The fraction of sp³-hybridized carbons (Fsp3) is 0.200. The highest BCUT2D eigenvalue weighted by Crippen LogP contribution is 2.21. The number of benzene rings is 2. The maximum atomic E-state index is 13.8. The number of carbonyl (C=O) groups excluding carboxylic acids is 1. The van der Waals surface area contributed by atoms with E-state index < -0.39 is 21.3 Å². The average Bonchev–Trinajstić information content (AvgIpc) is 3.24. The van der Waals surface area contributed by atoms with Crippen molar-refractivity contribution in [2.24, 2.45) is 0 Å². The zero-order valence-corrected chi connectivity index (χ0v) is 16.1. The van der Waals surface area contributed by atoms with Gasteiger partial charge in [0, 0.05) is 30.2 Å². The third kappa shape index (κ3) is 3.61. The number of carbonyl (C=O) groups is 1. The first-order chi connectivity index (χ1) is 13.9. The molecule has 1 fully saturated rings. The number of anilines is 1. The zero-order chi connectivity index (χ0) is 20.6. The van der Waals surface area contributed by atoms with Crippen LogP contribution in [0.2, 0.25) is 0 Å². The summed E-state index contributed by atoms with van der Waals surface area (Å²) in [6.45, 7) is 1.19. The van der Waals surface area contributed by atoms with E-state index in [0.29, 0.717) is 18.6 Å². The van der Waals surface area contributed by atoms with Gasteiger partial charge < -0.3 is 9.88 Å². The Bertz CT molecular complexity index is 1260. The minimum Gasteiger partial charge on any atom is -0.360 e. The number of halogens is 1. The van der Waals surface area contributed by atoms with Crippen molar-refractivity contribution < 1.29 is 17.6 Å². The number of aromatic amines is 1. The maximum Gasteiger partial charge on any atom is 0.262 e. The molecule has 1 aromatic heterocycles. The Kier molecular flexibility index (Phi) is 4.83. The molecule has 4 rings (SSSR count). The number of likely N-dealkylation sites (tertiary alicyclic amines) is 1. The number of aromatic nitrogens is 1. The molecular weight excluding hydrogens is 397 g/mol. The van der Waals surface area contributed by atoms with Gasteiger partial charge in [0.1, 0.15) is 11.4 Å². The lowest BCUT2D eigenvalue weighted by Crippen LogP contribution is -2.32. The van der Waals surface area contributed by atoms with E-state index in [9.17, 15) is 22.4 Å². The summed E-state index contributed by atoms with van der Waals surface area (Å²) < 4.78 is 41.3. The molecule has 29 heavy (non-hydrogen) atoms. The van der Waals surface area contributed by atoms with Gasteiger partial charge in [-0.3, -0.25) is 14.3 Å². The summed E-state index contributed by atoms with van der Waals surface area (Å²) >= 11 is 0. The largest absolute Gasteiger partial charge is 0.360 e. The third-order valence-electron chi connectivity index (χ3n) is 4.90. The van der Waals surface area contributed by atoms with Crippen LogP contribution in [0.25, 0.3) is 10.9 Å². The van der Waals surface area contributed by atoms with E-state index in [-0.39, 0.29) is 27.4 Å². The molecule has 0 spiro atoms. The van der Waals surface area contributed by atoms with Crippen molar-refractivity contribution in [1.82, 2.24) is 9.88 Å². The summed E-state index contributed by atoms with van der Waals surface area (Å²) in [6, 6.07) is 9.33. The molecule has 2 heterocycles. The molecule has 0 saturated carbocycles. The second-order valence-corrected chi connectivity index (χ2v) is 8.51. The number of hydrogen-bond donors (Lipinski definition) is 2. The molecule has 0 atom stereocenters. The topological polar surface area (TPSA) is 99.3 Å². The predicted octanol–water partition coefficient (Wildman–Crippen LogP) is 2.70. The lowest BCUT2D eigenvalue weighted by molar-refractivity contribution is 0.0791. The summed E-state index contributed by atoms with van der Waals surface area (Å²) in [4.78, 5) is 29.8. The number of sulfonamides is 1. The van der Waals surface area contributed by atoms with Crippen LogP contribution in [-0.4, -0.2) is 37.3 Å². The zero-order valence-electron chi connectivity index (χ0n) is 15.3. The highest BCUT2D eigenvalue weighted by Gasteiger charge is 2.23. The van der Waals surface area contributed by atoms with Gasteiger partial charge in [-0.15, -0.1) is 0 Å². The molecule has 9 heteroatoms. The Balaban J connectivity index is 1.75. The molecular formula is C20H18FN3O4S. The van der Waals surface area contributed by atoms with Crippen molar-refractivity contribution in [3.05, 3.63) is 70.3 Å². The lowest BCUT2D eigenvalue weighted by Gasteiger charge is -2.15. The van der Waals surface area contributed by atoms with Gasteiger partial charge in [-0.2, -0.15) is 0 Å². The molecule has 2 N–H and O–H groups in total. The fourth-order valence-electron chi connectivity index (χ4n) is 3.36. The molecule has 1 aliphatic rings. The summed E-state index contributed by atoms with van der Waals surface area (Å²) in [5, 5.41) is 0.0754. The van der Waals surface area contributed by atoms with Crippen LogP contribution >= 0.6 is 0 Å². The maximum absolute atomic E-state index is 13.8. The summed E-state index contributed by atoms with van der Waals surface area (Å²) in [5.41, 5.74) is -0.369. The lowest BCUT2D eigenvalue weighted by atomic mass is 10.1. The monoisotopic (exact) mass is 415 g/mol. The predicted molar refractivity (Wildman–Crippen MR) is 107 cm³/mol. The number of nitrogens with one attached hydrogen (secondary N) is 2. The van der Waals surface area contributed by atoms with E-state index in [1.807, 2.05) is 0 Å². The Morgan fingerprint density at radius 2 is 1.83 bits per heavy atom. The Hall–Kier alpha value is -3.20. The molecule has 0 radical (unpaired) electrons. The smallest absolute Gasteiger partial charge is 0.262 e. The third-order valence-corrected chi connectivity index (χ3v) is 6.27. The molecule has 0 unspecified atom stereocenters. The van der Waals surface area contributed by atoms with Crippen molar-refractivity contribution >= 4 is 32.5 Å². The molecule has 7 nitrogen and oxygen atoms in total. The standard InChI is InChI=1S/C20H18FN3O4S/c21-16-5-1-2-6-18(16)23-29(27,28)13-7-8-17-14(11-13)19(25)15(12-22-17)20(26)24-9-3-4-10-24/h1-2,5-8,11-12,23H,3-4,9-10H2,(H,22,25). The van der Waals surface area contributed by atoms with E-state index in [0.717, 1.165) is 18.9 Å². The normalized spacial score (nSPS) is 14.3. The number of hydrogen-bond acceptors (Lipinski definition) is 4. The molecule has 150 valence electrons. The van der Waals surface area contributed by atoms with Gasteiger partial charge >= 0.3 is 0 Å². The summed E-state index contributed by atoms with van der Waals surface area (Å²) in [6.07, 6.45) is 3.14. The van der Waals surface area contributed by atoms with E-state index >= 15 is 0 Å². The Labute approximate surface area is 166 Å². The number of para-hydroxylation sites is 1. The minimum atomic E-state index is -4.13. The van der Waals surface area contributed by atoms with Gasteiger partial charge in [0.15, 0.2) is 0 Å². The van der Waals surface area contributed by atoms with Gasteiger partial charge in [-0.05, 0) is 43.2 Å². The first-order valence-corrected chi connectivity index (χ1v) is 10.6. The number of pyridine rings is 1. The SMILES string of the molecule is O=C(c1c[nH]c2ccc(S(=O)(=O)Nc3ccccc3F)cc2c1=O)N1CCCC1. The number of fused-ring (bicyclic) bond motifs is 1. The first-order valence-electron chi connectivity index (χ1n) is 9.09. The van der Waals surface area contributed by atoms with E-state index in [4.69, 9.17) is 0 Å². The number of rotatable bonds is 4. The highest BCUT2D eigenvalue weighted by molar-refractivity contribution is 7.92. The van der Waals surface area contributed by atoms with E-state index in [1.165, 1.54) is 42.6 Å². The van der Waals surface area contributed by atoms with Gasteiger partial charge in [-0.25, -0.2) is 12.8 Å². The quantitative estimate of drug-likeness (QED) is 0.684. The number of nitrogens with zero attached hydrogens (tertiary/aromatic N) is 1. The average molecular weight is 415 g/mol. The minimum absolute atomic E-state index is 0.0315. The van der Waals surface area contributed by atoms with Crippen LogP contribution in [0.3, 0.4) is 0 Å². The molecule has 0 bridgehead atoms. The Morgan fingerprint density at radius 3 is 2.55 bits per heavy atom.